The Labute approximate surface area is 56.1 Å². The molecule has 0 bridgehead atoms. The number of hydrogen-bond donors (Lipinski definition) is 0. The number of aldehydes is 1. The van der Waals surface area contributed by atoms with Crippen LogP contribution in [0.3, 0.4) is 0 Å². The van der Waals surface area contributed by atoms with E-state index < -0.39 is 0 Å². The SMILES string of the molecule is C[N+]1(C)CCCC1C=O. The maximum absolute atomic E-state index is 10.4. The van der Waals surface area contributed by atoms with Crippen LogP contribution in [0.4, 0.5) is 0 Å². The summed E-state index contributed by atoms with van der Waals surface area (Å²) in [5.74, 6) is 0. The first kappa shape index (κ1) is 6.75. The van der Waals surface area contributed by atoms with E-state index in [0.717, 1.165) is 23.7 Å². The first-order valence-corrected chi connectivity index (χ1v) is 3.45. The highest BCUT2D eigenvalue weighted by molar-refractivity contribution is 5.56. The van der Waals surface area contributed by atoms with Gasteiger partial charge in [0, 0.05) is 12.8 Å². The molecule has 0 aromatic carbocycles. The predicted molar refractivity (Wildman–Crippen MR) is 36.1 cm³/mol. The molecule has 1 aliphatic rings. The summed E-state index contributed by atoms with van der Waals surface area (Å²) in [4.78, 5) is 10.4. The van der Waals surface area contributed by atoms with Gasteiger partial charge in [-0.1, -0.05) is 0 Å². The molecule has 2 heteroatoms. The maximum atomic E-state index is 10.4. The van der Waals surface area contributed by atoms with Crippen LogP contribution in [0.15, 0.2) is 0 Å². The molecule has 1 atom stereocenters. The van der Waals surface area contributed by atoms with E-state index in [1.54, 1.807) is 0 Å². The van der Waals surface area contributed by atoms with E-state index in [1.165, 1.54) is 6.42 Å². The second-order valence-electron chi connectivity index (χ2n) is 3.35. The highest BCUT2D eigenvalue weighted by atomic mass is 16.1. The van der Waals surface area contributed by atoms with Gasteiger partial charge in [0.2, 0.25) is 0 Å². The van der Waals surface area contributed by atoms with Crippen LogP contribution < -0.4 is 0 Å². The molecule has 0 aliphatic carbocycles. The molecule has 0 aromatic heterocycles. The fourth-order valence-electron chi connectivity index (χ4n) is 1.46. The van der Waals surface area contributed by atoms with Crippen molar-refractivity contribution in [2.45, 2.75) is 18.9 Å². The number of quaternary nitrogens is 1. The van der Waals surface area contributed by atoms with Crippen molar-refractivity contribution in [2.24, 2.45) is 0 Å². The average molecular weight is 128 g/mol. The Morgan fingerprint density at radius 2 is 2.22 bits per heavy atom. The van der Waals surface area contributed by atoms with Crippen LogP contribution in [0.25, 0.3) is 0 Å². The number of nitrogens with zero attached hydrogens (tertiary/aromatic N) is 1. The monoisotopic (exact) mass is 128 g/mol. The zero-order chi connectivity index (χ0) is 6.91. The highest BCUT2D eigenvalue weighted by Crippen LogP contribution is 2.19. The lowest BCUT2D eigenvalue weighted by molar-refractivity contribution is -0.892. The predicted octanol–water partition coefficient (Wildman–Crippen LogP) is 0.424. The van der Waals surface area contributed by atoms with Crippen molar-refractivity contribution >= 4 is 6.29 Å². The van der Waals surface area contributed by atoms with Crippen molar-refractivity contribution in [1.29, 1.82) is 0 Å². The summed E-state index contributed by atoms with van der Waals surface area (Å²) in [5.41, 5.74) is 0. The molecule has 1 saturated heterocycles. The molecule has 0 radical (unpaired) electrons. The van der Waals surface area contributed by atoms with Gasteiger partial charge in [0.25, 0.3) is 0 Å². The van der Waals surface area contributed by atoms with Gasteiger partial charge in [0.05, 0.1) is 20.6 Å². The molecule has 0 spiro atoms. The Morgan fingerprint density at radius 3 is 2.44 bits per heavy atom. The van der Waals surface area contributed by atoms with Gasteiger partial charge in [-0.05, 0) is 0 Å². The fourth-order valence-corrected chi connectivity index (χ4v) is 1.46. The van der Waals surface area contributed by atoms with Crippen LogP contribution in [-0.2, 0) is 4.79 Å². The molecule has 0 amide bonds. The van der Waals surface area contributed by atoms with E-state index in [-0.39, 0.29) is 6.04 Å². The van der Waals surface area contributed by atoms with Crippen LogP contribution in [-0.4, -0.2) is 37.5 Å². The summed E-state index contributed by atoms with van der Waals surface area (Å²) in [6.45, 7) is 1.16. The molecule has 9 heavy (non-hydrogen) atoms. The summed E-state index contributed by atoms with van der Waals surface area (Å²) >= 11 is 0. The Kier molecular flexibility index (Phi) is 1.58. The molecular weight excluding hydrogens is 114 g/mol. The summed E-state index contributed by atoms with van der Waals surface area (Å²) in [7, 11) is 4.23. The summed E-state index contributed by atoms with van der Waals surface area (Å²) in [6, 6.07) is 0.269. The van der Waals surface area contributed by atoms with E-state index in [0.29, 0.717) is 0 Å². The van der Waals surface area contributed by atoms with Crippen LogP contribution in [0.5, 0.6) is 0 Å². The number of likely N-dealkylation sites (N-methyl/N-ethyl adjacent to an activating group) is 1. The third kappa shape index (κ3) is 1.13. The number of hydrogen-bond acceptors (Lipinski definition) is 1. The minimum Gasteiger partial charge on any atom is -0.320 e. The van der Waals surface area contributed by atoms with Crippen LogP contribution >= 0.6 is 0 Å². The molecule has 1 aliphatic heterocycles. The summed E-state index contributed by atoms with van der Waals surface area (Å²) in [5, 5.41) is 0. The van der Waals surface area contributed by atoms with Gasteiger partial charge in [-0.15, -0.1) is 0 Å². The lowest BCUT2D eigenvalue weighted by atomic mass is 10.2. The Morgan fingerprint density at radius 1 is 1.56 bits per heavy atom. The average Bonchev–Trinajstić information content (AvgIpc) is 2.08. The van der Waals surface area contributed by atoms with Crippen molar-refractivity contribution in [3.63, 3.8) is 0 Å². The number of rotatable bonds is 1. The van der Waals surface area contributed by atoms with Crippen molar-refractivity contribution in [1.82, 2.24) is 0 Å². The Hall–Kier alpha value is -0.370. The molecule has 1 fully saturated rings. The van der Waals surface area contributed by atoms with E-state index in [9.17, 15) is 4.79 Å². The molecule has 1 rings (SSSR count). The van der Waals surface area contributed by atoms with Crippen molar-refractivity contribution < 1.29 is 9.28 Å². The van der Waals surface area contributed by atoms with Crippen molar-refractivity contribution in [2.75, 3.05) is 20.6 Å². The Balaban J connectivity index is 2.62. The number of carbonyl (C=O) groups is 1. The molecule has 1 unspecified atom stereocenters. The van der Waals surface area contributed by atoms with Gasteiger partial charge in [-0.2, -0.15) is 0 Å². The molecule has 52 valence electrons. The van der Waals surface area contributed by atoms with Gasteiger partial charge in [0.15, 0.2) is 6.29 Å². The van der Waals surface area contributed by atoms with Crippen LogP contribution in [0, 0.1) is 0 Å². The minimum absolute atomic E-state index is 0.269. The topological polar surface area (TPSA) is 17.1 Å². The second kappa shape index (κ2) is 2.10. The van der Waals surface area contributed by atoms with Gasteiger partial charge < -0.3 is 4.48 Å². The third-order valence-electron chi connectivity index (χ3n) is 2.29. The third-order valence-corrected chi connectivity index (χ3v) is 2.29. The quantitative estimate of drug-likeness (QED) is 0.369. The number of carbonyl (C=O) groups excluding carboxylic acids is 1. The fraction of sp³-hybridized carbons (Fsp3) is 0.857. The number of likely N-dealkylation sites (tertiary alicyclic amines) is 1. The van der Waals surface area contributed by atoms with Crippen LogP contribution in [0.1, 0.15) is 12.8 Å². The van der Waals surface area contributed by atoms with Gasteiger partial charge in [-0.3, -0.25) is 4.79 Å². The summed E-state index contributed by atoms with van der Waals surface area (Å²) < 4.78 is 0.892. The van der Waals surface area contributed by atoms with Crippen molar-refractivity contribution in [3.8, 4) is 0 Å². The molecular formula is C7H14NO+. The highest BCUT2D eigenvalue weighted by Gasteiger charge is 2.33. The molecule has 0 aromatic rings. The lowest BCUT2D eigenvalue weighted by Crippen LogP contribution is -2.44. The second-order valence-corrected chi connectivity index (χ2v) is 3.35. The van der Waals surface area contributed by atoms with E-state index in [4.69, 9.17) is 0 Å². The first-order chi connectivity index (χ1) is 4.17. The van der Waals surface area contributed by atoms with Crippen LogP contribution in [0.2, 0.25) is 0 Å². The molecule has 2 nitrogen and oxygen atoms in total. The summed E-state index contributed by atoms with van der Waals surface area (Å²) in [6.07, 6.45) is 3.37. The van der Waals surface area contributed by atoms with E-state index >= 15 is 0 Å². The zero-order valence-corrected chi connectivity index (χ0v) is 6.13. The normalized spacial score (nSPS) is 32.4. The lowest BCUT2D eigenvalue weighted by Gasteiger charge is -2.27. The first-order valence-electron chi connectivity index (χ1n) is 3.45. The standard InChI is InChI=1S/C7H14NO/c1-8(2)5-3-4-7(8)6-9/h6-7H,3-5H2,1-2H3/q+1. The largest absolute Gasteiger partial charge is 0.320 e. The molecule has 1 heterocycles. The van der Waals surface area contributed by atoms with E-state index in [2.05, 4.69) is 14.1 Å². The van der Waals surface area contributed by atoms with Gasteiger partial charge >= 0.3 is 0 Å². The maximum Gasteiger partial charge on any atom is 0.177 e. The minimum atomic E-state index is 0.269. The van der Waals surface area contributed by atoms with Gasteiger partial charge in [0.1, 0.15) is 6.04 Å². The van der Waals surface area contributed by atoms with Crippen molar-refractivity contribution in [3.05, 3.63) is 0 Å². The zero-order valence-electron chi connectivity index (χ0n) is 6.13. The molecule has 0 saturated carbocycles. The molecule has 0 N–H and O–H groups in total. The van der Waals surface area contributed by atoms with Gasteiger partial charge in [-0.25, -0.2) is 0 Å². The Bertz CT molecular complexity index is 120. The smallest absolute Gasteiger partial charge is 0.177 e. The van der Waals surface area contributed by atoms with E-state index in [1.807, 2.05) is 0 Å².